The lowest BCUT2D eigenvalue weighted by molar-refractivity contribution is 0.0957. The molecule has 0 aromatic carbocycles. The number of rotatable bonds is 5. The summed E-state index contributed by atoms with van der Waals surface area (Å²) < 4.78 is 8.19. The van der Waals surface area contributed by atoms with Crippen molar-refractivity contribution in [1.82, 2.24) is 20.1 Å². The first kappa shape index (κ1) is 15.0. The first-order valence-electron chi connectivity index (χ1n) is 7.85. The quantitative estimate of drug-likeness (QED) is 0.812. The molecule has 1 fully saturated rings. The van der Waals surface area contributed by atoms with Crippen LogP contribution in [0, 0.1) is 4.77 Å². The standard InChI is InChI=1S/C15H18N4O2S2/c20-14(12-7-9-8-21-6-4-11(9)23-12)16-5-3-13-17-18-15(22)19(13)10-1-2-10/h7,10H,1-6,8H2,(H,16,20)(H,18,22). The van der Waals surface area contributed by atoms with Crippen LogP contribution in [-0.2, 0) is 24.2 Å². The summed E-state index contributed by atoms with van der Waals surface area (Å²) in [6.07, 6.45) is 3.92. The third kappa shape index (κ3) is 3.11. The third-order valence-electron chi connectivity index (χ3n) is 4.18. The minimum absolute atomic E-state index is 0.0171. The van der Waals surface area contributed by atoms with Gasteiger partial charge in [0.2, 0.25) is 0 Å². The SMILES string of the molecule is O=C(NCCc1n[nH]c(=S)n1C1CC1)c1cc2c(s1)CCOC2. The number of ether oxygens (including phenoxy) is 1. The topological polar surface area (TPSA) is 71.9 Å². The van der Waals surface area contributed by atoms with Gasteiger partial charge in [-0.1, -0.05) is 0 Å². The fourth-order valence-corrected chi connectivity index (χ4v) is 4.22. The van der Waals surface area contributed by atoms with E-state index in [-0.39, 0.29) is 5.91 Å². The van der Waals surface area contributed by atoms with E-state index in [1.165, 1.54) is 4.88 Å². The van der Waals surface area contributed by atoms with E-state index >= 15 is 0 Å². The molecule has 2 N–H and O–H groups in total. The second-order valence-corrected chi connectivity index (χ2v) is 7.44. The molecule has 1 amide bonds. The average molecular weight is 350 g/mol. The summed E-state index contributed by atoms with van der Waals surface area (Å²) in [6, 6.07) is 2.45. The Labute approximate surface area is 142 Å². The van der Waals surface area contributed by atoms with Crippen molar-refractivity contribution in [2.24, 2.45) is 0 Å². The Kier molecular flexibility index (Phi) is 4.04. The van der Waals surface area contributed by atoms with Crippen molar-refractivity contribution < 1.29 is 9.53 Å². The van der Waals surface area contributed by atoms with Gasteiger partial charge < -0.3 is 14.6 Å². The molecule has 3 heterocycles. The van der Waals surface area contributed by atoms with E-state index in [1.54, 1.807) is 11.3 Å². The minimum Gasteiger partial charge on any atom is -0.376 e. The second-order valence-electron chi connectivity index (χ2n) is 5.91. The van der Waals surface area contributed by atoms with Crippen molar-refractivity contribution in [2.75, 3.05) is 13.2 Å². The van der Waals surface area contributed by atoms with Gasteiger partial charge in [0.15, 0.2) is 4.77 Å². The normalized spacial score (nSPS) is 17.0. The summed E-state index contributed by atoms with van der Waals surface area (Å²) in [5, 5.41) is 10.1. The predicted octanol–water partition coefficient (Wildman–Crippen LogP) is 2.38. The van der Waals surface area contributed by atoms with Crippen molar-refractivity contribution in [1.29, 1.82) is 0 Å². The Bertz CT molecular complexity index is 764. The number of aromatic amines is 1. The lowest BCUT2D eigenvalue weighted by Crippen LogP contribution is -2.25. The van der Waals surface area contributed by atoms with Gasteiger partial charge in [0.1, 0.15) is 5.82 Å². The summed E-state index contributed by atoms with van der Waals surface area (Å²) in [6.45, 7) is 1.93. The largest absolute Gasteiger partial charge is 0.376 e. The highest BCUT2D eigenvalue weighted by Gasteiger charge is 2.27. The smallest absolute Gasteiger partial charge is 0.261 e. The van der Waals surface area contributed by atoms with Gasteiger partial charge >= 0.3 is 0 Å². The highest BCUT2D eigenvalue weighted by molar-refractivity contribution is 7.71. The molecule has 0 radical (unpaired) electrons. The zero-order valence-electron chi connectivity index (χ0n) is 12.6. The maximum atomic E-state index is 12.3. The summed E-state index contributed by atoms with van der Waals surface area (Å²) in [7, 11) is 0. The first-order chi connectivity index (χ1) is 11.2. The fraction of sp³-hybridized carbons (Fsp3) is 0.533. The molecule has 2 aliphatic rings. The molecular formula is C15H18N4O2S2. The molecule has 2 aromatic rings. The number of nitrogens with one attached hydrogen (secondary N) is 2. The lowest BCUT2D eigenvalue weighted by atomic mass is 10.2. The number of hydrogen-bond donors (Lipinski definition) is 2. The molecule has 8 heteroatoms. The van der Waals surface area contributed by atoms with E-state index in [0.29, 0.717) is 30.4 Å². The molecule has 0 unspecified atom stereocenters. The monoisotopic (exact) mass is 350 g/mol. The Morgan fingerprint density at radius 1 is 1.57 bits per heavy atom. The molecule has 0 saturated heterocycles. The number of H-pyrrole nitrogens is 1. The number of fused-ring (bicyclic) bond motifs is 1. The molecule has 1 saturated carbocycles. The highest BCUT2D eigenvalue weighted by atomic mass is 32.1. The molecule has 122 valence electrons. The van der Waals surface area contributed by atoms with Gasteiger partial charge in [0.05, 0.1) is 18.1 Å². The third-order valence-corrected chi connectivity index (χ3v) is 5.70. The van der Waals surface area contributed by atoms with Gasteiger partial charge in [-0.3, -0.25) is 9.89 Å². The number of hydrogen-bond acceptors (Lipinski definition) is 5. The van der Waals surface area contributed by atoms with Crippen molar-refractivity contribution in [3.63, 3.8) is 0 Å². The van der Waals surface area contributed by atoms with E-state index in [9.17, 15) is 4.79 Å². The molecule has 4 rings (SSSR count). The van der Waals surface area contributed by atoms with E-state index in [1.807, 2.05) is 6.07 Å². The van der Waals surface area contributed by atoms with Gasteiger partial charge in [0, 0.05) is 30.3 Å². The Balaban J connectivity index is 1.37. The Morgan fingerprint density at radius 2 is 2.43 bits per heavy atom. The molecule has 0 spiro atoms. The molecule has 1 aliphatic heterocycles. The van der Waals surface area contributed by atoms with Crippen LogP contribution in [0.2, 0.25) is 0 Å². The maximum Gasteiger partial charge on any atom is 0.261 e. The summed E-state index contributed by atoms with van der Waals surface area (Å²) in [5.74, 6) is 0.910. The van der Waals surface area contributed by atoms with Crippen molar-refractivity contribution in [3.05, 3.63) is 32.0 Å². The van der Waals surface area contributed by atoms with Crippen molar-refractivity contribution >= 4 is 29.5 Å². The minimum atomic E-state index is -0.0171. The molecule has 1 aliphatic carbocycles. The van der Waals surface area contributed by atoms with E-state index in [2.05, 4.69) is 20.1 Å². The van der Waals surface area contributed by atoms with E-state index in [0.717, 1.165) is 42.1 Å². The van der Waals surface area contributed by atoms with Crippen molar-refractivity contribution in [3.8, 4) is 0 Å². The van der Waals surface area contributed by atoms with Crippen LogP contribution in [0.1, 0.15) is 44.8 Å². The lowest BCUT2D eigenvalue weighted by Gasteiger charge is -2.10. The summed E-state index contributed by atoms with van der Waals surface area (Å²) in [5.41, 5.74) is 1.15. The number of amides is 1. The van der Waals surface area contributed by atoms with Crippen LogP contribution in [0.5, 0.6) is 0 Å². The zero-order valence-corrected chi connectivity index (χ0v) is 14.3. The van der Waals surface area contributed by atoms with E-state index < -0.39 is 0 Å². The van der Waals surface area contributed by atoms with Crippen LogP contribution in [0.15, 0.2) is 6.07 Å². The molecule has 0 atom stereocenters. The fourth-order valence-electron chi connectivity index (χ4n) is 2.86. The van der Waals surface area contributed by atoms with Gasteiger partial charge in [-0.15, -0.1) is 11.3 Å². The Morgan fingerprint density at radius 3 is 3.22 bits per heavy atom. The van der Waals surface area contributed by atoms with Gasteiger partial charge in [-0.25, -0.2) is 0 Å². The van der Waals surface area contributed by atoms with Crippen LogP contribution >= 0.6 is 23.6 Å². The van der Waals surface area contributed by atoms with Crippen LogP contribution in [0.4, 0.5) is 0 Å². The molecule has 2 aromatic heterocycles. The molecule has 23 heavy (non-hydrogen) atoms. The van der Waals surface area contributed by atoms with Gasteiger partial charge in [-0.05, 0) is 36.7 Å². The number of thiophene rings is 1. The molecule has 0 bridgehead atoms. The van der Waals surface area contributed by atoms with Gasteiger partial charge in [0.25, 0.3) is 5.91 Å². The second kappa shape index (κ2) is 6.18. The van der Waals surface area contributed by atoms with E-state index in [4.69, 9.17) is 17.0 Å². The Hall–Kier alpha value is -1.51. The average Bonchev–Trinajstić information content (AvgIpc) is 3.17. The molecule has 6 nitrogen and oxygen atoms in total. The zero-order chi connectivity index (χ0) is 15.8. The highest BCUT2D eigenvalue weighted by Crippen LogP contribution is 2.35. The van der Waals surface area contributed by atoms with Crippen molar-refractivity contribution in [2.45, 2.75) is 38.3 Å². The number of nitrogens with zero attached hydrogens (tertiary/aromatic N) is 2. The first-order valence-corrected chi connectivity index (χ1v) is 9.08. The number of aromatic nitrogens is 3. The van der Waals surface area contributed by atoms with Crippen LogP contribution in [-0.4, -0.2) is 33.8 Å². The summed E-state index contributed by atoms with van der Waals surface area (Å²) >= 11 is 6.84. The molecular weight excluding hydrogens is 332 g/mol. The van der Waals surface area contributed by atoms with Gasteiger partial charge in [-0.2, -0.15) is 5.10 Å². The number of carbonyl (C=O) groups is 1. The summed E-state index contributed by atoms with van der Waals surface area (Å²) in [4.78, 5) is 14.3. The van der Waals surface area contributed by atoms with Crippen LogP contribution in [0.3, 0.4) is 0 Å². The number of carbonyl (C=O) groups excluding carboxylic acids is 1. The van der Waals surface area contributed by atoms with Crippen LogP contribution in [0.25, 0.3) is 0 Å². The van der Waals surface area contributed by atoms with Crippen LogP contribution < -0.4 is 5.32 Å². The predicted molar refractivity (Wildman–Crippen MR) is 89.4 cm³/mol. The maximum absolute atomic E-state index is 12.3.